The second kappa shape index (κ2) is 6.43. The van der Waals surface area contributed by atoms with Gasteiger partial charge in [0.15, 0.2) is 0 Å². The number of rotatable bonds is 5. The number of anilines is 1. The van der Waals surface area contributed by atoms with Crippen molar-refractivity contribution in [2.24, 2.45) is 0 Å². The van der Waals surface area contributed by atoms with E-state index in [1.807, 2.05) is 26.0 Å². The molecule has 2 nitrogen and oxygen atoms in total. The third-order valence-corrected chi connectivity index (χ3v) is 2.77. The van der Waals surface area contributed by atoms with Crippen molar-refractivity contribution in [1.29, 1.82) is 0 Å². The van der Waals surface area contributed by atoms with Crippen molar-refractivity contribution in [2.45, 2.75) is 20.0 Å². The topological polar surface area (TPSA) is 21.3 Å². The van der Waals surface area contributed by atoms with Gasteiger partial charge in [-0.25, -0.2) is 0 Å². The molecule has 0 aliphatic carbocycles. The fourth-order valence-electron chi connectivity index (χ4n) is 1.63. The number of ether oxygens (including phenoxy) is 1. The van der Waals surface area contributed by atoms with Gasteiger partial charge >= 0.3 is 6.18 Å². The molecule has 1 N–H and O–H groups in total. The van der Waals surface area contributed by atoms with E-state index in [4.69, 9.17) is 0 Å². The number of halogens is 4. The van der Waals surface area contributed by atoms with E-state index in [9.17, 15) is 13.2 Å². The minimum Gasteiger partial charge on any atom is -0.382 e. The first-order valence-electron chi connectivity index (χ1n) is 5.45. The Morgan fingerprint density at radius 1 is 1.22 bits per heavy atom. The molecule has 1 rings (SSSR count). The molecular weight excluding hydrogens is 311 g/mol. The van der Waals surface area contributed by atoms with Gasteiger partial charge in [-0.05, 0) is 37.1 Å². The van der Waals surface area contributed by atoms with Gasteiger partial charge in [0, 0.05) is 16.7 Å². The molecule has 0 bridgehead atoms. The van der Waals surface area contributed by atoms with Crippen LogP contribution in [0.3, 0.4) is 0 Å². The Morgan fingerprint density at radius 2 is 1.78 bits per heavy atom. The molecule has 1 aromatic rings. The summed E-state index contributed by atoms with van der Waals surface area (Å²) in [4.78, 5) is 0. The van der Waals surface area contributed by atoms with Gasteiger partial charge in [0.05, 0.1) is 6.61 Å². The maximum absolute atomic E-state index is 11.8. The lowest BCUT2D eigenvalue weighted by molar-refractivity contribution is -0.172. The van der Waals surface area contributed by atoms with E-state index in [0.29, 0.717) is 6.54 Å². The molecule has 0 heterocycles. The predicted octanol–water partition coefficient (Wildman–Crippen LogP) is 4.06. The second-order valence-electron chi connectivity index (χ2n) is 4.01. The summed E-state index contributed by atoms with van der Waals surface area (Å²) in [7, 11) is 0. The number of alkyl halides is 3. The van der Waals surface area contributed by atoms with Crippen LogP contribution in [0.1, 0.15) is 11.1 Å². The number of hydrogen-bond donors (Lipinski definition) is 1. The SMILES string of the molecule is Cc1cc(Br)cc(C)c1NCCOCC(F)(F)F. The molecule has 18 heavy (non-hydrogen) atoms. The molecule has 6 heteroatoms. The lowest BCUT2D eigenvalue weighted by Crippen LogP contribution is -2.20. The van der Waals surface area contributed by atoms with Crippen molar-refractivity contribution < 1.29 is 17.9 Å². The second-order valence-corrected chi connectivity index (χ2v) is 4.92. The van der Waals surface area contributed by atoms with Gasteiger partial charge in [-0.1, -0.05) is 15.9 Å². The zero-order chi connectivity index (χ0) is 13.8. The van der Waals surface area contributed by atoms with E-state index in [1.165, 1.54) is 0 Å². The molecule has 0 aliphatic rings. The first-order chi connectivity index (χ1) is 8.29. The van der Waals surface area contributed by atoms with Gasteiger partial charge in [0.2, 0.25) is 0 Å². The van der Waals surface area contributed by atoms with Gasteiger partial charge in [0.25, 0.3) is 0 Å². The fraction of sp³-hybridized carbons (Fsp3) is 0.500. The first-order valence-corrected chi connectivity index (χ1v) is 6.24. The van der Waals surface area contributed by atoms with E-state index < -0.39 is 12.8 Å². The average Bonchev–Trinajstić information content (AvgIpc) is 2.19. The van der Waals surface area contributed by atoms with Gasteiger partial charge in [-0.15, -0.1) is 0 Å². The van der Waals surface area contributed by atoms with Gasteiger partial charge in [-0.2, -0.15) is 13.2 Å². The minimum atomic E-state index is -4.26. The fourth-order valence-corrected chi connectivity index (χ4v) is 2.31. The Bertz CT molecular complexity index is 384. The van der Waals surface area contributed by atoms with Crippen LogP contribution in [-0.2, 0) is 4.74 Å². The first kappa shape index (κ1) is 15.3. The van der Waals surface area contributed by atoms with E-state index in [-0.39, 0.29) is 6.61 Å². The van der Waals surface area contributed by atoms with Gasteiger partial charge in [-0.3, -0.25) is 0 Å². The van der Waals surface area contributed by atoms with E-state index >= 15 is 0 Å². The summed E-state index contributed by atoms with van der Waals surface area (Å²) in [5.74, 6) is 0. The van der Waals surface area contributed by atoms with Crippen molar-refractivity contribution in [3.05, 3.63) is 27.7 Å². The molecule has 0 unspecified atom stereocenters. The third-order valence-electron chi connectivity index (χ3n) is 2.31. The summed E-state index contributed by atoms with van der Waals surface area (Å²) in [6.07, 6.45) is -4.26. The normalized spacial score (nSPS) is 11.7. The predicted molar refractivity (Wildman–Crippen MR) is 69.0 cm³/mol. The molecule has 0 saturated heterocycles. The van der Waals surface area contributed by atoms with Crippen molar-refractivity contribution in [1.82, 2.24) is 0 Å². The molecule has 0 spiro atoms. The van der Waals surface area contributed by atoms with Crippen molar-refractivity contribution in [3.63, 3.8) is 0 Å². The molecule has 0 amide bonds. The number of benzene rings is 1. The summed E-state index contributed by atoms with van der Waals surface area (Å²) < 4.78 is 41.0. The van der Waals surface area contributed by atoms with Gasteiger partial charge < -0.3 is 10.1 Å². The summed E-state index contributed by atoms with van der Waals surface area (Å²) in [6.45, 7) is 3.05. The van der Waals surface area contributed by atoms with Crippen LogP contribution in [0.25, 0.3) is 0 Å². The van der Waals surface area contributed by atoms with Crippen LogP contribution < -0.4 is 5.32 Å². The zero-order valence-electron chi connectivity index (χ0n) is 10.2. The van der Waals surface area contributed by atoms with E-state index in [0.717, 1.165) is 21.3 Å². The van der Waals surface area contributed by atoms with Crippen LogP contribution in [0.2, 0.25) is 0 Å². The highest BCUT2D eigenvalue weighted by molar-refractivity contribution is 9.10. The minimum absolute atomic E-state index is 0.0223. The summed E-state index contributed by atoms with van der Waals surface area (Å²) in [6, 6.07) is 3.90. The Morgan fingerprint density at radius 3 is 2.28 bits per heavy atom. The van der Waals surface area contributed by atoms with Crippen LogP contribution in [0.4, 0.5) is 18.9 Å². The monoisotopic (exact) mass is 325 g/mol. The molecule has 0 fully saturated rings. The lowest BCUT2D eigenvalue weighted by Gasteiger charge is -2.14. The number of hydrogen-bond acceptors (Lipinski definition) is 2. The van der Waals surface area contributed by atoms with Crippen molar-refractivity contribution >= 4 is 21.6 Å². The number of nitrogens with one attached hydrogen (secondary N) is 1. The standard InChI is InChI=1S/C12H15BrF3NO/c1-8-5-10(13)6-9(2)11(8)17-3-4-18-7-12(14,15)16/h5-6,17H,3-4,7H2,1-2H3. The highest BCUT2D eigenvalue weighted by atomic mass is 79.9. The molecule has 1 aromatic carbocycles. The van der Waals surface area contributed by atoms with Crippen LogP contribution in [0, 0.1) is 13.8 Å². The van der Waals surface area contributed by atoms with Crippen molar-refractivity contribution in [2.75, 3.05) is 25.1 Å². The largest absolute Gasteiger partial charge is 0.411 e. The maximum Gasteiger partial charge on any atom is 0.411 e. The van der Waals surface area contributed by atoms with Crippen LogP contribution in [0.5, 0.6) is 0 Å². The highest BCUT2D eigenvalue weighted by Gasteiger charge is 2.27. The molecule has 0 aromatic heterocycles. The molecule has 0 radical (unpaired) electrons. The van der Waals surface area contributed by atoms with Crippen LogP contribution >= 0.6 is 15.9 Å². The van der Waals surface area contributed by atoms with Gasteiger partial charge in [0.1, 0.15) is 6.61 Å². The molecule has 0 saturated carbocycles. The van der Waals surface area contributed by atoms with Crippen molar-refractivity contribution in [3.8, 4) is 0 Å². The molecule has 102 valence electrons. The Kier molecular flexibility index (Phi) is 5.47. The quantitative estimate of drug-likeness (QED) is 0.824. The van der Waals surface area contributed by atoms with E-state index in [1.54, 1.807) is 0 Å². The Hall–Kier alpha value is -0.750. The Balaban J connectivity index is 2.41. The van der Waals surface area contributed by atoms with Crippen LogP contribution in [-0.4, -0.2) is 25.9 Å². The summed E-state index contributed by atoms with van der Waals surface area (Å²) in [5.41, 5.74) is 3.02. The summed E-state index contributed by atoms with van der Waals surface area (Å²) >= 11 is 3.38. The zero-order valence-corrected chi connectivity index (χ0v) is 11.8. The smallest absolute Gasteiger partial charge is 0.382 e. The average molecular weight is 326 g/mol. The Labute approximate surface area is 113 Å². The third kappa shape index (κ3) is 5.27. The summed E-state index contributed by atoms with van der Waals surface area (Å²) in [5, 5.41) is 3.08. The van der Waals surface area contributed by atoms with E-state index in [2.05, 4.69) is 26.0 Å². The molecule has 0 aliphatic heterocycles. The highest BCUT2D eigenvalue weighted by Crippen LogP contribution is 2.24. The number of aryl methyl sites for hydroxylation is 2. The molecule has 0 atom stereocenters. The lowest BCUT2D eigenvalue weighted by atomic mass is 10.1. The van der Waals surface area contributed by atoms with Crippen LogP contribution in [0.15, 0.2) is 16.6 Å². The maximum atomic E-state index is 11.8. The molecular formula is C12H15BrF3NO.